The van der Waals surface area contributed by atoms with Gasteiger partial charge in [-0.25, -0.2) is 0 Å². The molecule has 0 aromatic heterocycles. The highest BCUT2D eigenvalue weighted by molar-refractivity contribution is 7.84. The lowest BCUT2D eigenvalue weighted by Gasteiger charge is -2.32. The van der Waals surface area contributed by atoms with Gasteiger partial charge in [0.05, 0.1) is 11.2 Å². The fraction of sp³-hybridized carbons (Fsp3) is 0.571. The van der Waals surface area contributed by atoms with Crippen LogP contribution in [0, 0.1) is 6.92 Å². The van der Waals surface area contributed by atoms with Crippen molar-refractivity contribution in [2.24, 2.45) is 0 Å². The van der Waals surface area contributed by atoms with Crippen LogP contribution < -0.4 is 5.46 Å². The fourth-order valence-electron chi connectivity index (χ4n) is 2.08. The van der Waals surface area contributed by atoms with E-state index in [0.29, 0.717) is 0 Å². The second-order valence-electron chi connectivity index (χ2n) is 6.08. The predicted molar refractivity (Wildman–Crippen MR) is 79.2 cm³/mol. The molecule has 0 radical (unpaired) electrons. The van der Waals surface area contributed by atoms with Crippen LogP contribution in [0.4, 0.5) is 0 Å². The summed E-state index contributed by atoms with van der Waals surface area (Å²) < 4.78 is 23.9. The molecule has 0 spiro atoms. The molecule has 0 amide bonds. The molecule has 3 nitrogen and oxygen atoms in total. The van der Waals surface area contributed by atoms with Crippen molar-refractivity contribution in [2.75, 3.05) is 6.26 Å². The lowest BCUT2D eigenvalue weighted by Crippen LogP contribution is -2.41. The molecule has 0 aliphatic carbocycles. The van der Waals surface area contributed by atoms with Crippen LogP contribution in [0.5, 0.6) is 0 Å². The zero-order valence-corrected chi connectivity index (χ0v) is 13.3. The van der Waals surface area contributed by atoms with Gasteiger partial charge in [-0.3, -0.25) is 4.21 Å². The molecule has 1 aromatic rings. The largest absolute Gasteiger partial charge is 0.496 e. The second kappa shape index (κ2) is 4.72. The normalized spacial score (nSPS) is 22.5. The maximum Gasteiger partial charge on any atom is 0.496 e. The van der Waals surface area contributed by atoms with Crippen LogP contribution in [0.2, 0.25) is 0 Å². The minimum absolute atomic E-state index is 0.381. The van der Waals surface area contributed by atoms with Gasteiger partial charge in [0.2, 0.25) is 0 Å². The third-order valence-electron chi connectivity index (χ3n) is 3.98. The first-order valence-corrected chi connectivity index (χ1v) is 7.99. The van der Waals surface area contributed by atoms with E-state index in [1.54, 1.807) is 6.26 Å². The van der Waals surface area contributed by atoms with Gasteiger partial charge in [-0.2, -0.15) is 0 Å². The van der Waals surface area contributed by atoms with Crippen LogP contribution in [-0.2, 0) is 20.1 Å². The van der Waals surface area contributed by atoms with Gasteiger partial charge in [0, 0.05) is 22.0 Å². The Labute approximate surface area is 118 Å². The minimum atomic E-state index is -1.05. The summed E-state index contributed by atoms with van der Waals surface area (Å²) in [7, 11) is -1.51. The monoisotopic (exact) mass is 280 g/mol. The summed E-state index contributed by atoms with van der Waals surface area (Å²) in [5.74, 6) is 0. The first-order chi connectivity index (χ1) is 8.64. The van der Waals surface area contributed by atoms with Crippen LogP contribution in [0.15, 0.2) is 23.1 Å². The summed E-state index contributed by atoms with van der Waals surface area (Å²) >= 11 is 0. The molecule has 2 rings (SSSR count). The molecule has 0 saturated carbocycles. The van der Waals surface area contributed by atoms with Gasteiger partial charge >= 0.3 is 7.12 Å². The Morgan fingerprint density at radius 1 is 1.11 bits per heavy atom. The Kier molecular flexibility index (Phi) is 3.67. The molecule has 1 fully saturated rings. The first-order valence-electron chi connectivity index (χ1n) is 6.44. The van der Waals surface area contributed by atoms with E-state index in [0.717, 1.165) is 15.9 Å². The average Bonchev–Trinajstić information content (AvgIpc) is 2.47. The molecule has 1 aliphatic heterocycles. The molecule has 5 heteroatoms. The van der Waals surface area contributed by atoms with Crippen molar-refractivity contribution in [3.63, 3.8) is 0 Å². The second-order valence-corrected chi connectivity index (χ2v) is 7.43. The van der Waals surface area contributed by atoms with Gasteiger partial charge in [0.15, 0.2) is 0 Å². The molecule has 1 atom stereocenters. The van der Waals surface area contributed by atoms with E-state index < -0.39 is 17.9 Å². The summed E-state index contributed by atoms with van der Waals surface area (Å²) in [6, 6.07) is 5.86. The van der Waals surface area contributed by atoms with Crippen LogP contribution in [0.25, 0.3) is 0 Å². The Bertz CT molecular complexity index is 509. The van der Waals surface area contributed by atoms with Gasteiger partial charge < -0.3 is 9.31 Å². The van der Waals surface area contributed by atoms with E-state index in [4.69, 9.17) is 9.31 Å². The summed E-state index contributed by atoms with van der Waals surface area (Å²) in [6.07, 6.45) is 1.68. The van der Waals surface area contributed by atoms with E-state index >= 15 is 0 Å². The van der Waals surface area contributed by atoms with Crippen molar-refractivity contribution < 1.29 is 13.5 Å². The highest BCUT2D eigenvalue weighted by atomic mass is 32.2. The Morgan fingerprint density at radius 2 is 1.63 bits per heavy atom. The molecule has 1 unspecified atom stereocenters. The summed E-state index contributed by atoms with van der Waals surface area (Å²) in [6.45, 7) is 10.1. The van der Waals surface area contributed by atoms with Gasteiger partial charge in [-0.1, -0.05) is 17.7 Å². The predicted octanol–water partition coefficient (Wildman–Crippen LogP) is 2.03. The fourth-order valence-corrected chi connectivity index (χ4v) is 2.83. The van der Waals surface area contributed by atoms with E-state index in [-0.39, 0.29) is 11.2 Å². The van der Waals surface area contributed by atoms with E-state index in [1.165, 1.54) is 0 Å². The van der Waals surface area contributed by atoms with Crippen molar-refractivity contribution in [3.05, 3.63) is 23.8 Å². The molecule has 1 aromatic carbocycles. The molecule has 1 aliphatic rings. The zero-order valence-electron chi connectivity index (χ0n) is 12.4. The SMILES string of the molecule is Cc1ccc(S(C)=O)c(B2OC(C)(C)C(C)(C)O2)c1. The average molecular weight is 280 g/mol. The van der Waals surface area contributed by atoms with Gasteiger partial charge in [0.1, 0.15) is 0 Å². The van der Waals surface area contributed by atoms with Crippen molar-refractivity contribution in [1.29, 1.82) is 0 Å². The first kappa shape index (κ1) is 14.8. The third kappa shape index (κ3) is 2.64. The Balaban J connectivity index is 2.44. The van der Waals surface area contributed by atoms with Crippen LogP contribution in [-0.4, -0.2) is 28.8 Å². The van der Waals surface area contributed by atoms with Crippen LogP contribution >= 0.6 is 0 Å². The van der Waals surface area contributed by atoms with E-state index in [2.05, 4.69) is 0 Å². The lowest BCUT2D eigenvalue weighted by atomic mass is 9.78. The molecule has 0 bridgehead atoms. The topological polar surface area (TPSA) is 35.5 Å². The summed E-state index contributed by atoms with van der Waals surface area (Å²) in [5.41, 5.74) is 1.22. The van der Waals surface area contributed by atoms with Crippen molar-refractivity contribution >= 4 is 23.4 Å². The zero-order chi connectivity index (χ0) is 14.4. The quantitative estimate of drug-likeness (QED) is 0.778. The Morgan fingerprint density at radius 3 is 2.11 bits per heavy atom. The standard InChI is InChI=1S/C14H21BO3S/c1-10-7-8-12(19(6)16)11(9-10)15-17-13(2,3)14(4,5)18-15/h7-9H,1-6H3. The molecule has 19 heavy (non-hydrogen) atoms. The Hall–Kier alpha value is -0.645. The maximum atomic E-state index is 11.9. The molecular weight excluding hydrogens is 259 g/mol. The minimum Gasteiger partial charge on any atom is -0.399 e. The number of hydrogen-bond acceptors (Lipinski definition) is 3. The van der Waals surface area contributed by atoms with E-state index in [1.807, 2.05) is 52.8 Å². The van der Waals surface area contributed by atoms with Crippen LogP contribution in [0.3, 0.4) is 0 Å². The highest BCUT2D eigenvalue weighted by Gasteiger charge is 2.52. The lowest BCUT2D eigenvalue weighted by molar-refractivity contribution is 0.00578. The smallest absolute Gasteiger partial charge is 0.399 e. The third-order valence-corrected chi connectivity index (χ3v) is 4.97. The maximum absolute atomic E-state index is 11.9. The van der Waals surface area contributed by atoms with Crippen molar-refractivity contribution in [2.45, 2.75) is 50.7 Å². The van der Waals surface area contributed by atoms with Crippen molar-refractivity contribution in [3.8, 4) is 0 Å². The number of aryl methyl sites for hydroxylation is 1. The van der Waals surface area contributed by atoms with Gasteiger partial charge in [-0.05, 0) is 46.1 Å². The molecule has 1 saturated heterocycles. The summed E-state index contributed by atoms with van der Waals surface area (Å²) in [5, 5.41) is 0. The van der Waals surface area contributed by atoms with Gasteiger partial charge in [0.25, 0.3) is 0 Å². The molecule has 104 valence electrons. The number of hydrogen-bond donors (Lipinski definition) is 0. The van der Waals surface area contributed by atoms with Crippen molar-refractivity contribution in [1.82, 2.24) is 0 Å². The van der Waals surface area contributed by atoms with Gasteiger partial charge in [-0.15, -0.1) is 0 Å². The highest BCUT2D eigenvalue weighted by Crippen LogP contribution is 2.36. The van der Waals surface area contributed by atoms with Crippen LogP contribution in [0.1, 0.15) is 33.3 Å². The molecular formula is C14H21BO3S. The molecule has 1 heterocycles. The van der Waals surface area contributed by atoms with E-state index in [9.17, 15) is 4.21 Å². The molecule has 0 N–H and O–H groups in total. The number of rotatable bonds is 2. The number of benzene rings is 1. The summed E-state index contributed by atoms with van der Waals surface area (Å²) in [4.78, 5) is 0.782.